The van der Waals surface area contributed by atoms with E-state index in [4.69, 9.17) is 14.5 Å². The highest BCUT2D eigenvalue weighted by Crippen LogP contribution is 2.39. The predicted molar refractivity (Wildman–Crippen MR) is 171 cm³/mol. The van der Waals surface area contributed by atoms with Gasteiger partial charge in [-0.3, -0.25) is 4.79 Å². The van der Waals surface area contributed by atoms with Crippen LogP contribution in [-0.2, 0) is 24.1 Å². The molecule has 2 N–H and O–H groups in total. The average Bonchev–Trinajstić information content (AvgIpc) is 3.45. The number of carbonyl (C=O) groups is 1. The van der Waals surface area contributed by atoms with Crippen molar-refractivity contribution in [1.82, 2.24) is 20.3 Å². The lowest BCUT2D eigenvalue weighted by atomic mass is 9.89. The van der Waals surface area contributed by atoms with Crippen LogP contribution in [-0.4, -0.2) is 106 Å². The summed E-state index contributed by atoms with van der Waals surface area (Å²) in [5.41, 5.74) is 1.96. The zero-order chi connectivity index (χ0) is 31.7. The van der Waals surface area contributed by atoms with Gasteiger partial charge in [-0.15, -0.1) is 0 Å². The number of anilines is 4. The summed E-state index contributed by atoms with van der Waals surface area (Å²) in [6.45, 7) is 6.40. The number of fused-ring (bicyclic) bond motifs is 1. The summed E-state index contributed by atoms with van der Waals surface area (Å²) in [6.07, 6.45) is 4.94. The average molecular weight is 640 g/mol. The molecule has 3 aliphatic rings. The van der Waals surface area contributed by atoms with Crippen LogP contribution in [0.1, 0.15) is 17.9 Å². The van der Waals surface area contributed by atoms with Crippen LogP contribution in [0.3, 0.4) is 0 Å². The quantitative estimate of drug-likeness (QED) is 0.317. The van der Waals surface area contributed by atoms with Crippen molar-refractivity contribution in [3.05, 3.63) is 54.9 Å². The number of piperidine rings is 1. The van der Waals surface area contributed by atoms with Crippen LogP contribution >= 0.6 is 0 Å². The van der Waals surface area contributed by atoms with Crippen molar-refractivity contribution >= 4 is 49.8 Å². The highest BCUT2D eigenvalue weighted by Gasteiger charge is 2.35. The van der Waals surface area contributed by atoms with Gasteiger partial charge in [0.2, 0.25) is 11.9 Å². The molecule has 0 saturated carbocycles. The minimum Gasteiger partial charge on any atom is -0.379 e. The first kappa shape index (κ1) is 31.1. The van der Waals surface area contributed by atoms with Crippen molar-refractivity contribution in [3.8, 4) is 0 Å². The normalized spacial score (nSPS) is 24.0. The number of methoxy groups -OCH3 is 1. The number of alkyl halides is 1. The van der Waals surface area contributed by atoms with Crippen molar-refractivity contribution in [2.45, 2.75) is 30.7 Å². The third-order valence-corrected chi connectivity index (χ3v) is 9.78. The van der Waals surface area contributed by atoms with E-state index in [0.29, 0.717) is 56.9 Å². The molecule has 14 heteroatoms. The Bertz CT molecular complexity index is 1690. The van der Waals surface area contributed by atoms with E-state index in [0.717, 1.165) is 22.0 Å². The van der Waals surface area contributed by atoms with Crippen LogP contribution in [0, 0.1) is 5.92 Å². The number of carbonyl (C=O) groups excluding carboxylic acids is 1. The maximum absolute atomic E-state index is 14.6. The number of benzene rings is 1. The second-order valence-electron chi connectivity index (χ2n) is 12.0. The van der Waals surface area contributed by atoms with Crippen LogP contribution in [0.2, 0.25) is 0 Å². The monoisotopic (exact) mass is 639 g/mol. The molecule has 4 atom stereocenters. The Labute approximate surface area is 261 Å². The van der Waals surface area contributed by atoms with Crippen LogP contribution in [0.25, 0.3) is 10.8 Å². The topological polar surface area (TPSA) is 139 Å². The number of hydrogen-bond donors (Lipinski definition) is 2. The molecule has 1 amide bonds. The number of amides is 1. The molecule has 3 saturated heterocycles. The number of sulfone groups is 1. The van der Waals surface area contributed by atoms with E-state index in [1.807, 2.05) is 17.0 Å². The first-order valence-corrected chi connectivity index (χ1v) is 17.1. The molecule has 0 aliphatic carbocycles. The fourth-order valence-corrected chi connectivity index (χ4v) is 7.56. The van der Waals surface area contributed by atoms with Gasteiger partial charge >= 0.3 is 0 Å². The Morgan fingerprint density at radius 1 is 1.16 bits per heavy atom. The SMILES string of the molecule is C=CC(=O)N[C@@H]1COC[C@H]1c1ccc(N2CC(CS(C)(=O)=O)C2)c2cnc(Nc3ccnc(N4CC[C@@H](OC)[C@@H](F)C4)n3)cc12. The molecule has 0 radical (unpaired) electrons. The number of nitrogens with zero attached hydrogens (tertiary/aromatic N) is 5. The standard InChI is InChI=1S/C31H38FN7O5S/c1-4-30(40)35-25-17-44-16-23(25)20-5-6-26(39-13-19(14-39)18-45(3,41)42)22-12-34-29(11-21(20)22)36-28-7-9-33-31(37-28)38-10-8-27(43-2)24(32)15-38/h4-7,9,11-12,19,23-25,27H,1,8,10,13-18H2,2-3H3,(H,35,40)(H,33,34,36,37)/t23-,24-,25+,27+/m0/s1. The van der Waals surface area contributed by atoms with Gasteiger partial charge in [0.1, 0.15) is 27.6 Å². The van der Waals surface area contributed by atoms with E-state index in [-0.39, 0.29) is 36.1 Å². The third-order valence-electron chi connectivity index (χ3n) is 8.71. The van der Waals surface area contributed by atoms with Crippen molar-refractivity contribution in [1.29, 1.82) is 0 Å². The summed E-state index contributed by atoms with van der Waals surface area (Å²) in [5.74, 6) is 1.36. The molecule has 45 heavy (non-hydrogen) atoms. The van der Waals surface area contributed by atoms with E-state index in [1.54, 1.807) is 18.5 Å². The molecule has 3 aromatic rings. The maximum atomic E-state index is 14.6. The number of rotatable bonds is 10. The van der Waals surface area contributed by atoms with Gasteiger partial charge in [0.25, 0.3) is 0 Å². The molecule has 5 heterocycles. The van der Waals surface area contributed by atoms with E-state index in [1.165, 1.54) is 19.4 Å². The summed E-state index contributed by atoms with van der Waals surface area (Å²) in [7, 11) is -1.54. The summed E-state index contributed by atoms with van der Waals surface area (Å²) in [6, 6.07) is 7.54. The van der Waals surface area contributed by atoms with E-state index < -0.39 is 22.1 Å². The summed E-state index contributed by atoms with van der Waals surface area (Å²) in [4.78, 5) is 29.9. The first-order valence-electron chi connectivity index (χ1n) is 15.0. The summed E-state index contributed by atoms with van der Waals surface area (Å²) >= 11 is 0. The maximum Gasteiger partial charge on any atom is 0.243 e. The molecule has 3 aliphatic heterocycles. The van der Waals surface area contributed by atoms with E-state index in [2.05, 4.69) is 38.1 Å². The Morgan fingerprint density at radius 3 is 2.71 bits per heavy atom. The van der Waals surface area contributed by atoms with Crippen LogP contribution in [0.4, 0.5) is 27.7 Å². The molecular weight excluding hydrogens is 601 g/mol. The second-order valence-corrected chi connectivity index (χ2v) is 14.2. The van der Waals surface area contributed by atoms with Gasteiger partial charge in [0.15, 0.2) is 0 Å². The molecule has 2 aromatic heterocycles. The molecule has 1 aromatic carbocycles. The van der Waals surface area contributed by atoms with Crippen molar-refractivity contribution < 1.29 is 27.1 Å². The Kier molecular flexibility index (Phi) is 8.89. The highest BCUT2D eigenvalue weighted by atomic mass is 32.2. The van der Waals surface area contributed by atoms with Crippen LogP contribution in [0.15, 0.2) is 49.3 Å². The molecule has 0 bridgehead atoms. The van der Waals surface area contributed by atoms with Gasteiger partial charge in [0.05, 0.1) is 37.7 Å². The number of nitrogens with one attached hydrogen (secondary N) is 2. The Morgan fingerprint density at radius 2 is 1.98 bits per heavy atom. The smallest absolute Gasteiger partial charge is 0.243 e. The summed E-state index contributed by atoms with van der Waals surface area (Å²) < 4.78 is 49.3. The van der Waals surface area contributed by atoms with Crippen molar-refractivity contribution in [2.75, 3.05) is 73.6 Å². The molecule has 240 valence electrons. The van der Waals surface area contributed by atoms with E-state index in [9.17, 15) is 17.6 Å². The zero-order valence-electron chi connectivity index (χ0n) is 25.4. The number of pyridine rings is 1. The first-order chi connectivity index (χ1) is 21.6. The predicted octanol–water partition coefficient (Wildman–Crippen LogP) is 2.60. The molecular formula is C31H38FN7O5S. The lowest BCUT2D eigenvalue weighted by Gasteiger charge is -2.41. The lowest BCUT2D eigenvalue weighted by molar-refractivity contribution is -0.117. The minimum atomic E-state index is -3.06. The fraction of sp³-hybridized carbons (Fsp3) is 0.484. The van der Waals surface area contributed by atoms with Gasteiger partial charge in [0, 0.05) is 68.3 Å². The Hall–Kier alpha value is -3.88. The largest absolute Gasteiger partial charge is 0.379 e. The number of ether oxygens (including phenoxy) is 2. The molecule has 0 unspecified atom stereocenters. The number of halogens is 1. The summed E-state index contributed by atoms with van der Waals surface area (Å²) in [5, 5.41) is 8.12. The molecule has 0 spiro atoms. The van der Waals surface area contributed by atoms with Gasteiger partial charge in [-0.25, -0.2) is 22.8 Å². The minimum absolute atomic E-state index is 0.0743. The van der Waals surface area contributed by atoms with Gasteiger partial charge in [-0.05, 0) is 41.6 Å². The Balaban J connectivity index is 1.30. The van der Waals surface area contributed by atoms with Crippen LogP contribution < -0.4 is 20.4 Å². The second kappa shape index (κ2) is 12.9. The van der Waals surface area contributed by atoms with Gasteiger partial charge < -0.3 is 29.9 Å². The van der Waals surface area contributed by atoms with Crippen LogP contribution in [0.5, 0.6) is 0 Å². The molecule has 6 rings (SSSR count). The lowest BCUT2D eigenvalue weighted by Crippen LogP contribution is -2.49. The van der Waals surface area contributed by atoms with Crippen molar-refractivity contribution in [2.24, 2.45) is 5.92 Å². The third kappa shape index (κ3) is 6.87. The fourth-order valence-electron chi connectivity index (χ4n) is 6.49. The van der Waals surface area contributed by atoms with Gasteiger partial charge in [-0.2, -0.15) is 4.98 Å². The molecule has 3 fully saturated rings. The molecule has 12 nitrogen and oxygen atoms in total. The highest BCUT2D eigenvalue weighted by molar-refractivity contribution is 7.90. The van der Waals surface area contributed by atoms with Gasteiger partial charge in [-0.1, -0.05) is 12.6 Å². The number of aromatic nitrogens is 3. The number of hydrogen-bond acceptors (Lipinski definition) is 11. The van der Waals surface area contributed by atoms with Crippen molar-refractivity contribution in [3.63, 3.8) is 0 Å². The zero-order valence-corrected chi connectivity index (χ0v) is 26.2. The van der Waals surface area contributed by atoms with E-state index >= 15 is 0 Å².